The molecule has 0 spiro atoms. The Bertz CT molecular complexity index is 731. The summed E-state index contributed by atoms with van der Waals surface area (Å²) >= 11 is 0. The third kappa shape index (κ3) is 5.58. The van der Waals surface area contributed by atoms with Gasteiger partial charge in [-0.3, -0.25) is 4.79 Å². The normalized spacial score (nSPS) is 17.6. The molecular formula is C21H28N4O2. The van der Waals surface area contributed by atoms with Gasteiger partial charge in [0.05, 0.1) is 18.0 Å². The molecule has 1 aromatic heterocycles. The van der Waals surface area contributed by atoms with Gasteiger partial charge in [0.25, 0.3) is 5.91 Å². The van der Waals surface area contributed by atoms with E-state index in [0.29, 0.717) is 18.0 Å². The van der Waals surface area contributed by atoms with E-state index in [1.807, 2.05) is 43.3 Å². The van der Waals surface area contributed by atoms with Crippen molar-refractivity contribution in [2.45, 2.75) is 19.8 Å². The molecule has 1 aromatic carbocycles. The Kier molecular flexibility index (Phi) is 6.90. The fourth-order valence-electron chi connectivity index (χ4n) is 3.43. The lowest BCUT2D eigenvalue weighted by atomic mass is 9.98. The molecule has 1 saturated heterocycles. The number of hydrogen-bond donors (Lipinski definition) is 1. The van der Waals surface area contributed by atoms with E-state index in [9.17, 15) is 4.79 Å². The average Bonchev–Trinajstić information content (AvgIpc) is 2.71. The molecule has 1 amide bonds. The number of amides is 1. The fourth-order valence-corrected chi connectivity index (χ4v) is 3.43. The van der Waals surface area contributed by atoms with Crippen LogP contribution in [0.5, 0.6) is 0 Å². The zero-order chi connectivity index (χ0) is 19.1. The van der Waals surface area contributed by atoms with Crippen molar-refractivity contribution in [1.82, 2.24) is 20.4 Å². The lowest BCUT2D eigenvalue weighted by Gasteiger charge is -2.32. The highest BCUT2D eigenvalue weighted by molar-refractivity contribution is 5.94. The molecule has 0 saturated carbocycles. The van der Waals surface area contributed by atoms with Gasteiger partial charge in [0, 0.05) is 37.9 Å². The minimum Gasteiger partial charge on any atom is -0.383 e. The van der Waals surface area contributed by atoms with Gasteiger partial charge in [-0.2, -0.15) is 10.2 Å². The highest BCUT2D eigenvalue weighted by atomic mass is 16.5. The van der Waals surface area contributed by atoms with E-state index in [0.717, 1.165) is 49.6 Å². The molecule has 0 bridgehead atoms. The summed E-state index contributed by atoms with van der Waals surface area (Å²) in [6.45, 7) is 6.49. The van der Waals surface area contributed by atoms with Gasteiger partial charge in [0.1, 0.15) is 0 Å². The van der Waals surface area contributed by atoms with Crippen LogP contribution in [-0.4, -0.2) is 60.9 Å². The lowest BCUT2D eigenvalue weighted by molar-refractivity contribution is 0.0913. The van der Waals surface area contributed by atoms with Crippen LogP contribution in [-0.2, 0) is 4.74 Å². The summed E-state index contributed by atoms with van der Waals surface area (Å²) in [4.78, 5) is 14.9. The first-order chi connectivity index (χ1) is 13.2. The van der Waals surface area contributed by atoms with Crippen molar-refractivity contribution in [2.24, 2.45) is 5.92 Å². The molecule has 3 rings (SSSR count). The summed E-state index contributed by atoms with van der Waals surface area (Å²) in [6.07, 6.45) is 2.34. The Morgan fingerprint density at radius 1 is 1.22 bits per heavy atom. The molecule has 144 valence electrons. The average molecular weight is 368 g/mol. The van der Waals surface area contributed by atoms with Gasteiger partial charge >= 0.3 is 0 Å². The number of piperidine rings is 1. The number of aryl methyl sites for hydroxylation is 1. The number of carbonyl (C=O) groups is 1. The van der Waals surface area contributed by atoms with Crippen molar-refractivity contribution >= 4 is 5.91 Å². The summed E-state index contributed by atoms with van der Waals surface area (Å²) in [5, 5.41) is 11.3. The van der Waals surface area contributed by atoms with Gasteiger partial charge in [-0.25, -0.2) is 0 Å². The van der Waals surface area contributed by atoms with Gasteiger partial charge in [-0.15, -0.1) is 0 Å². The first-order valence-corrected chi connectivity index (χ1v) is 9.56. The molecule has 1 N–H and O–H groups in total. The Labute approximate surface area is 160 Å². The minimum absolute atomic E-state index is 0.0226. The molecule has 0 radical (unpaired) electrons. The summed E-state index contributed by atoms with van der Waals surface area (Å²) in [5.74, 6) is 0.479. The quantitative estimate of drug-likeness (QED) is 0.813. The highest BCUT2D eigenvalue weighted by Crippen LogP contribution is 2.18. The van der Waals surface area contributed by atoms with Crippen molar-refractivity contribution in [3.8, 4) is 11.3 Å². The Morgan fingerprint density at radius 2 is 2.04 bits per heavy atom. The third-order valence-electron chi connectivity index (χ3n) is 5.01. The minimum atomic E-state index is -0.0226. The number of nitrogens with zero attached hydrogens (tertiary/aromatic N) is 3. The molecule has 6 nitrogen and oxygen atoms in total. The largest absolute Gasteiger partial charge is 0.383 e. The van der Waals surface area contributed by atoms with Crippen LogP contribution in [0.2, 0.25) is 0 Å². The van der Waals surface area contributed by atoms with Crippen LogP contribution >= 0.6 is 0 Å². The smallest absolute Gasteiger partial charge is 0.251 e. The molecule has 2 aromatic rings. The summed E-state index contributed by atoms with van der Waals surface area (Å²) in [5.41, 5.74) is 3.33. The number of ether oxygens (including phenoxy) is 1. The standard InChI is InChI=1S/C21H28N4O2/c1-16-5-10-20(24-23-16)18-6-8-19(9-7-18)21(26)22-14-17-4-3-11-25(15-17)12-13-27-2/h5-10,17H,3-4,11-15H2,1-2H3,(H,22,26)/t17-/m0/s1. The van der Waals surface area contributed by atoms with Crippen molar-refractivity contribution in [3.05, 3.63) is 47.7 Å². The zero-order valence-corrected chi connectivity index (χ0v) is 16.1. The van der Waals surface area contributed by atoms with Crippen LogP contribution in [0.4, 0.5) is 0 Å². The van der Waals surface area contributed by atoms with E-state index in [-0.39, 0.29) is 5.91 Å². The second-order valence-electron chi connectivity index (χ2n) is 7.15. The van der Waals surface area contributed by atoms with E-state index < -0.39 is 0 Å². The molecule has 1 aliphatic rings. The van der Waals surface area contributed by atoms with Gasteiger partial charge < -0.3 is 15.0 Å². The maximum absolute atomic E-state index is 12.5. The van der Waals surface area contributed by atoms with Crippen molar-refractivity contribution in [3.63, 3.8) is 0 Å². The predicted molar refractivity (Wildman–Crippen MR) is 106 cm³/mol. The number of benzene rings is 1. The van der Waals surface area contributed by atoms with E-state index >= 15 is 0 Å². The lowest BCUT2D eigenvalue weighted by Crippen LogP contribution is -2.42. The van der Waals surface area contributed by atoms with Crippen LogP contribution in [0.3, 0.4) is 0 Å². The third-order valence-corrected chi connectivity index (χ3v) is 5.01. The van der Waals surface area contributed by atoms with Gasteiger partial charge in [0.2, 0.25) is 0 Å². The van der Waals surface area contributed by atoms with Gasteiger partial charge in [-0.05, 0) is 56.5 Å². The summed E-state index contributed by atoms with van der Waals surface area (Å²) in [6, 6.07) is 11.4. The van der Waals surface area contributed by atoms with Gasteiger partial charge in [0.15, 0.2) is 0 Å². The van der Waals surface area contributed by atoms with Crippen LogP contribution in [0, 0.1) is 12.8 Å². The number of rotatable bonds is 7. The molecule has 6 heteroatoms. The van der Waals surface area contributed by atoms with Crippen LogP contribution in [0.1, 0.15) is 28.9 Å². The van der Waals surface area contributed by atoms with Crippen molar-refractivity contribution in [1.29, 1.82) is 0 Å². The molecule has 0 aliphatic carbocycles. The second kappa shape index (κ2) is 9.58. The van der Waals surface area contributed by atoms with Crippen molar-refractivity contribution < 1.29 is 9.53 Å². The summed E-state index contributed by atoms with van der Waals surface area (Å²) in [7, 11) is 1.73. The van der Waals surface area contributed by atoms with Crippen LogP contribution in [0.25, 0.3) is 11.3 Å². The molecule has 27 heavy (non-hydrogen) atoms. The SMILES string of the molecule is COCCN1CCC[C@@H](CNC(=O)c2ccc(-c3ccc(C)nn3)cc2)C1. The van der Waals surface area contributed by atoms with E-state index in [1.165, 1.54) is 6.42 Å². The molecule has 1 atom stereocenters. The number of carbonyl (C=O) groups excluding carboxylic acids is 1. The Balaban J connectivity index is 1.51. The van der Waals surface area contributed by atoms with Crippen LogP contribution < -0.4 is 5.32 Å². The van der Waals surface area contributed by atoms with E-state index in [2.05, 4.69) is 20.4 Å². The maximum atomic E-state index is 12.5. The first kappa shape index (κ1) is 19.5. The second-order valence-corrected chi connectivity index (χ2v) is 7.15. The fraction of sp³-hybridized carbons (Fsp3) is 0.476. The monoisotopic (exact) mass is 368 g/mol. The number of nitrogens with one attached hydrogen (secondary N) is 1. The van der Waals surface area contributed by atoms with E-state index in [1.54, 1.807) is 7.11 Å². The summed E-state index contributed by atoms with van der Waals surface area (Å²) < 4.78 is 5.16. The zero-order valence-electron chi connectivity index (χ0n) is 16.1. The number of likely N-dealkylation sites (tertiary alicyclic amines) is 1. The molecular weight excluding hydrogens is 340 g/mol. The number of methoxy groups -OCH3 is 1. The highest BCUT2D eigenvalue weighted by Gasteiger charge is 2.20. The first-order valence-electron chi connectivity index (χ1n) is 9.56. The predicted octanol–water partition coefficient (Wildman–Crippen LogP) is 2.54. The topological polar surface area (TPSA) is 67.3 Å². The Hall–Kier alpha value is -2.31. The molecule has 0 unspecified atom stereocenters. The Morgan fingerprint density at radius 3 is 2.74 bits per heavy atom. The van der Waals surface area contributed by atoms with Crippen LogP contribution in [0.15, 0.2) is 36.4 Å². The van der Waals surface area contributed by atoms with Gasteiger partial charge in [-0.1, -0.05) is 12.1 Å². The molecule has 2 heterocycles. The van der Waals surface area contributed by atoms with E-state index in [4.69, 9.17) is 4.74 Å². The molecule has 1 fully saturated rings. The number of hydrogen-bond acceptors (Lipinski definition) is 5. The molecule has 1 aliphatic heterocycles. The number of aromatic nitrogens is 2. The maximum Gasteiger partial charge on any atom is 0.251 e. The van der Waals surface area contributed by atoms with Crippen molar-refractivity contribution in [2.75, 3.05) is 39.9 Å².